The Kier molecular flexibility index (Phi) is 8.93. The molecule has 0 unspecified atom stereocenters. The van der Waals surface area contributed by atoms with E-state index in [0.717, 1.165) is 24.3 Å². The molecule has 0 spiro atoms. The van der Waals surface area contributed by atoms with Gasteiger partial charge in [0.15, 0.2) is 0 Å². The summed E-state index contributed by atoms with van der Waals surface area (Å²) >= 11 is 5.86. The maximum absolute atomic E-state index is 12.3. The Bertz CT molecular complexity index is 1060. The van der Waals surface area contributed by atoms with Gasteiger partial charge in [-0.1, -0.05) is 31.0 Å². The van der Waals surface area contributed by atoms with Gasteiger partial charge < -0.3 is 15.2 Å². The molecule has 0 radical (unpaired) electrons. The number of rotatable bonds is 6. The number of pyridine rings is 1. The topological polar surface area (TPSA) is 78.1 Å². The van der Waals surface area contributed by atoms with Gasteiger partial charge in [-0.25, -0.2) is 13.8 Å². The zero-order valence-corrected chi connectivity index (χ0v) is 18.4. The van der Waals surface area contributed by atoms with Gasteiger partial charge in [0, 0.05) is 31.2 Å². The summed E-state index contributed by atoms with van der Waals surface area (Å²) in [4.78, 5) is 32.6. The molecule has 0 fully saturated rings. The van der Waals surface area contributed by atoms with Crippen molar-refractivity contribution in [3.05, 3.63) is 64.4 Å². The van der Waals surface area contributed by atoms with Crippen molar-refractivity contribution in [3.63, 3.8) is 0 Å². The Balaban J connectivity index is 0.000000316. The summed E-state index contributed by atoms with van der Waals surface area (Å²) in [6, 6.07) is 6.90. The molecule has 3 rings (SSSR count). The third-order valence-electron chi connectivity index (χ3n) is 4.49. The number of fused-ring (bicyclic) bond motifs is 1. The Morgan fingerprint density at radius 2 is 1.97 bits per heavy atom. The van der Waals surface area contributed by atoms with E-state index in [9.17, 15) is 18.4 Å². The fourth-order valence-electron chi connectivity index (χ4n) is 2.58. The number of amides is 2. The van der Waals surface area contributed by atoms with Crippen LogP contribution in [0.4, 0.5) is 8.78 Å². The quantitative estimate of drug-likeness (QED) is 0.581. The normalized spacial score (nSPS) is 10.4. The highest BCUT2D eigenvalue weighted by molar-refractivity contribution is 6.31. The highest BCUT2D eigenvalue weighted by atomic mass is 35.5. The van der Waals surface area contributed by atoms with Gasteiger partial charge in [-0.2, -0.15) is 0 Å². The van der Waals surface area contributed by atoms with Crippen LogP contribution in [0, 0.1) is 18.6 Å². The molecule has 2 N–H and O–H groups in total. The number of carbonyl (C=O) groups is 2. The summed E-state index contributed by atoms with van der Waals surface area (Å²) in [6.45, 7) is 4.33. The fourth-order valence-corrected chi connectivity index (χ4v) is 2.75. The van der Waals surface area contributed by atoms with Gasteiger partial charge in [-0.3, -0.25) is 9.59 Å². The van der Waals surface area contributed by atoms with Crippen molar-refractivity contribution in [2.24, 2.45) is 0 Å². The summed E-state index contributed by atoms with van der Waals surface area (Å²) in [5.74, 6) is -1.47. The Labute approximate surface area is 184 Å². The fraction of sp³-hybridized carbons (Fsp3) is 0.318. The summed E-state index contributed by atoms with van der Waals surface area (Å²) in [5, 5.41) is 3.87. The lowest BCUT2D eigenvalue weighted by Crippen LogP contribution is -2.38. The minimum atomic E-state index is -0.530. The van der Waals surface area contributed by atoms with Crippen molar-refractivity contribution in [2.75, 3.05) is 20.1 Å². The number of benzene rings is 1. The van der Waals surface area contributed by atoms with Crippen molar-refractivity contribution in [3.8, 4) is 0 Å². The van der Waals surface area contributed by atoms with Crippen molar-refractivity contribution in [1.29, 1.82) is 0 Å². The van der Waals surface area contributed by atoms with E-state index >= 15 is 0 Å². The molecule has 1 aromatic carbocycles. The number of hydrogen-bond acceptors (Lipinski definition) is 3. The average Bonchev–Trinajstić information content (AvgIpc) is 3.16. The minimum Gasteiger partial charge on any atom is -0.344 e. The van der Waals surface area contributed by atoms with Gasteiger partial charge in [0.2, 0.25) is 5.91 Å². The van der Waals surface area contributed by atoms with Crippen LogP contribution in [0.2, 0.25) is 5.02 Å². The lowest BCUT2D eigenvalue weighted by Gasteiger charge is -2.16. The van der Waals surface area contributed by atoms with Crippen molar-refractivity contribution >= 4 is 34.4 Å². The minimum absolute atomic E-state index is 0.0252. The number of nitrogens with one attached hydrogen (secondary N) is 2. The van der Waals surface area contributed by atoms with Crippen LogP contribution >= 0.6 is 11.6 Å². The van der Waals surface area contributed by atoms with E-state index in [0.29, 0.717) is 28.5 Å². The molecular formula is C22H25ClF2N4O2. The first-order valence-electron chi connectivity index (χ1n) is 9.79. The lowest BCUT2D eigenvalue weighted by molar-refractivity contribution is -0.128. The molecule has 0 aliphatic rings. The van der Waals surface area contributed by atoms with E-state index < -0.39 is 11.6 Å². The number of carbonyl (C=O) groups excluding carboxylic acids is 2. The first-order valence-corrected chi connectivity index (χ1v) is 10.2. The van der Waals surface area contributed by atoms with E-state index in [-0.39, 0.29) is 18.4 Å². The summed E-state index contributed by atoms with van der Waals surface area (Å²) in [7, 11) is 1.74. The van der Waals surface area contributed by atoms with Crippen LogP contribution in [-0.4, -0.2) is 46.8 Å². The van der Waals surface area contributed by atoms with Gasteiger partial charge in [0.1, 0.15) is 23.0 Å². The maximum atomic E-state index is 12.3. The number of aryl methyl sites for hydroxylation is 1. The van der Waals surface area contributed by atoms with Crippen LogP contribution in [-0.2, 0) is 4.79 Å². The van der Waals surface area contributed by atoms with Crippen LogP contribution in [0.1, 0.15) is 35.8 Å². The van der Waals surface area contributed by atoms with Crippen LogP contribution in [0.5, 0.6) is 0 Å². The van der Waals surface area contributed by atoms with E-state index in [2.05, 4.69) is 22.2 Å². The summed E-state index contributed by atoms with van der Waals surface area (Å²) in [5.41, 5.74) is 1.41. The molecule has 0 atom stereocenters. The highest BCUT2D eigenvalue weighted by Crippen LogP contribution is 2.17. The van der Waals surface area contributed by atoms with Crippen LogP contribution in [0.25, 0.3) is 11.0 Å². The first kappa shape index (κ1) is 24.3. The molecule has 3 aromatic rings. The zero-order valence-electron chi connectivity index (χ0n) is 17.6. The number of H-pyrrole nitrogens is 1. The highest BCUT2D eigenvalue weighted by Gasteiger charge is 2.13. The molecule has 0 aliphatic carbocycles. The van der Waals surface area contributed by atoms with E-state index in [4.69, 9.17) is 11.6 Å². The number of aromatic nitrogens is 2. The number of likely N-dealkylation sites (N-methyl/N-ethyl adjacent to an activating group) is 1. The molecule has 0 saturated heterocycles. The Morgan fingerprint density at radius 1 is 1.23 bits per heavy atom. The molecule has 31 heavy (non-hydrogen) atoms. The molecule has 2 aromatic heterocycles. The third-order valence-corrected chi connectivity index (χ3v) is 4.69. The molecule has 0 aliphatic heterocycles. The average molecular weight is 451 g/mol. The molecule has 166 valence electrons. The van der Waals surface area contributed by atoms with Crippen LogP contribution < -0.4 is 5.32 Å². The monoisotopic (exact) mass is 450 g/mol. The second-order valence-electron chi connectivity index (χ2n) is 7.02. The molecule has 0 bridgehead atoms. The maximum Gasteiger partial charge on any atom is 0.268 e. The Hall–Kier alpha value is -3.00. The summed E-state index contributed by atoms with van der Waals surface area (Å²) < 4.78 is 24.4. The largest absolute Gasteiger partial charge is 0.344 e. The zero-order chi connectivity index (χ0) is 23.0. The smallest absolute Gasteiger partial charge is 0.268 e. The first-order chi connectivity index (χ1) is 14.7. The number of unbranched alkanes of at least 4 members (excludes halogenated alkanes) is 1. The molecule has 9 heteroatoms. The van der Waals surface area contributed by atoms with E-state index in [1.165, 1.54) is 18.3 Å². The third kappa shape index (κ3) is 7.32. The number of nitrogens with zero attached hydrogens (tertiary/aromatic N) is 2. The number of aromatic amines is 1. The van der Waals surface area contributed by atoms with E-state index in [1.54, 1.807) is 31.0 Å². The van der Waals surface area contributed by atoms with Crippen LogP contribution in [0.15, 0.2) is 36.5 Å². The standard InChI is InChI=1S/C15H19ClN4O2.C7H6F2/c1-3-4-5-20(2)13(21)9-18-15(22)12-7-10-6-11(16)8-17-14(10)19-12;1-5-2-3-6(8)4-7(5)9/h6-8H,3-5,9H2,1-2H3,(H,17,19)(H,18,22);2-4H,1H3. The van der Waals surface area contributed by atoms with Gasteiger partial charge in [0.05, 0.1) is 11.6 Å². The van der Waals surface area contributed by atoms with Gasteiger partial charge in [0.25, 0.3) is 5.91 Å². The van der Waals surface area contributed by atoms with Crippen LogP contribution in [0.3, 0.4) is 0 Å². The second kappa shape index (κ2) is 11.4. The van der Waals surface area contributed by atoms with Crippen molar-refractivity contribution in [1.82, 2.24) is 20.2 Å². The van der Waals surface area contributed by atoms with E-state index in [1.807, 2.05) is 0 Å². The Morgan fingerprint density at radius 3 is 2.61 bits per heavy atom. The predicted molar refractivity (Wildman–Crippen MR) is 117 cm³/mol. The molecule has 2 heterocycles. The van der Waals surface area contributed by atoms with Crippen molar-refractivity contribution < 1.29 is 18.4 Å². The lowest BCUT2D eigenvalue weighted by atomic mass is 10.2. The second-order valence-corrected chi connectivity index (χ2v) is 7.46. The number of halogens is 3. The molecule has 2 amide bonds. The van der Waals surface area contributed by atoms with Crippen molar-refractivity contribution in [2.45, 2.75) is 26.7 Å². The predicted octanol–water partition coefficient (Wildman–Crippen LogP) is 4.48. The van der Waals surface area contributed by atoms with Gasteiger partial charge in [-0.15, -0.1) is 0 Å². The molecule has 6 nitrogen and oxygen atoms in total. The summed E-state index contributed by atoms with van der Waals surface area (Å²) in [6.07, 6.45) is 3.48. The molecule has 0 saturated carbocycles. The van der Waals surface area contributed by atoms with Gasteiger partial charge >= 0.3 is 0 Å². The van der Waals surface area contributed by atoms with Gasteiger partial charge in [-0.05, 0) is 37.1 Å². The SMILES string of the molecule is CCCCN(C)C(=O)CNC(=O)c1cc2cc(Cl)cnc2[nH]1.Cc1ccc(F)cc1F. The number of hydrogen-bond donors (Lipinski definition) is 2. The molecular weight excluding hydrogens is 426 g/mol.